The Kier molecular flexibility index (Phi) is 4.81. The molecule has 0 saturated carbocycles. The van der Waals surface area contributed by atoms with Crippen LogP contribution in [0.25, 0.3) is 21.1 Å². The summed E-state index contributed by atoms with van der Waals surface area (Å²) in [5.74, 6) is 0.203. The SMILES string of the molecule is Cc1cc2ccccc2n1CC(=O)N1CCN(Cc2nc3ccccc3s2)CC1. The van der Waals surface area contributed by atoms with Gasteiger partial charge in [-0.2, -0.15) is 0 Å². The maximum absolute atomic E-state index is 12.9. The second-order valence-electron chi connectivity index (χ2n) is 7.66. The van der Waals surface area contributed by atoms with E-state index in [0.29, 0.717) is 6.54 Å². The van der Waals surface area contributed by atoms with E-state index in [2.05, 4.69) is 52.8 Å². The molecule has 148 valence electrons. The van der Waals surface area contributed by atoms with Gasteiger partial charge in [0.2, 0.25) is 5.91 Å². The van der Waals surface area contributed by atoms with Crippen molar-refractivity contribution in [2.75, 3.05) is 26.2 Å². The van der Waals surface area contributed by atoms with Gasteiger partial charge < -0.3 is 9.47 Å². The number of para-hydroxylation sites is 2. The molecule has 1 aliphatic heterocycles. The molecule has 3 heterocycles. The highest BCUT2D eigenvalue weighted by Crippen LogP contribution is 2.23. The zero-order valence-corrected chi connectivity index (χ0v) is 17.4. The minimum absolute atomic E-state index is 0.203. The number of hydrogen-bond acceptors (Lipinski definition) is 4. The van der Waals surface area contributed by atoms with Crippen LogP contribution in [0.2, 0.25) is 0 Å². The van der Waals surface area contributed by atoms with Crippen molar-refractivity contribution in [3.8, 4) is 0 Å². The first-order valence-corrected chi connectivity index (χ1v) is 10.9. The first kappa shape index (κ1) is 18.3. The maximum atomic E-state index is 12.9. The second-order valence-corrected chi connectivity index (χ2v) is 8.78. The van der Waals surface area contributed by atoms with Gasteiger partial charge in [0.05, 0.1) is 16.8 Å². The minimum atomic E-state index is 0.203. The molecule has 6 heteroatoms. The van der Waals surface area contributed by atoms with Crippen LogP contribution in [-0.4, -0.2) is 51.4 Å². The Balaban J connectivity index is 1.21. The molecule has 2 aromatic heterocycles. The van der Waals surface area contributed by atoms with Gasteiger partial charge in [-0.3, -0.25) is 9.69 Å². The van der Waals surface area contributed by atoms with Gasteiger partial charge in [0, 0.05) is 37.4 Å². The van der Waals surface area contributed by atoms with E-state index in [9.17, 15) is 4.79 Å². The number of aryl methyl sites for hydroxylation is 1. The molecule has 0 atom stereocenters. The standard InChI is InChI=1S/C23H24N4OS/c1-17-14-18-6-2-4-8-20(18)27(17)16-23(28)26-12-10-25(11-13-26)15-22-24-19-7-3-5-9-21(19)29-22/h2-9,14H,10-13,15-16H2,1H3. The molecule has 0 spiro atoms. The fraction of sp³-hybridized carbons (Fsp3) is 0.304. The number of thiazole rings is 1. The van der Waals surface area contributed by atoms with E-state index >= 15 is 0 Å². The zero-order chi connectivity index (χ0) is 19.8. The molecule has 5 nitrogen and oxygen atoms in total. The Morgan fingerprint density at radius 3 is 2.62 bits per heavy atom. The lowest BCUT2D eigenvalue weighted by Crippen LogP contribution is -2.49. The Bertz CT molecular complexity index is 1140. The monoisotopic (exact) mass is 404 g/mol. The third-order valence-electron chi connectivity index (χ3n) is 5.73. The molecule has 1 amide bonds. The summed E-state index contributed by atoms with van der Waals surface area (Å²) >= 11 is 1.77. The van der Waals surface area contributed by atoms with Gasteiger partial charge in [0.15, 0.2) is 0 Å². The van der Waals surface area contributed by atoms with E-state index in [-0.39, 0.29) is 5.91 Å². The predicted octanol–water partition coefficient (Wildman–Crippen LogP) is 3.90. The van der Waals surface area contributed by atoms with Crippen LogP contribution in [0.3, 0.4) is 0 Å². The van der Waals surface area contributed by atoms with E-state index in [4.69, 9.17) is 4.98 Å². The normalized spacial score (nSPS) is 15.4. The Labute approximate surface area is 174 Å². The summed E-state index contributed by atoms with van der Waals surface area (Å²) in [6.45, 7) is 6.70. The molecule has 0 bridgehead atoms. The van der Waals surface area contributed by atoms with E-state index in [1.807, 2.05) is 23.1 Å². The van der Waals surface area contributed by atoms with Crippen LogP contribution in [0.4, 0.5) is 0 Å². The van der Waals surface area contributed by atoms with Gasteiger partial charge in [0.1, 0.15) is 11.6 Å². The smallest absolute Gasteiger partial charge is 0.242 e. The van der Waals surface area contributed by atoms with Crippen molar-refractivity contribution >= 4 is 38.4 Å². The number of carbonyl (C=O) groups excluding carboxylic acids is 1. The molecule has 1 aliphatic rings. The number of nitrogens with zero attached hydrogens (tertiary/aromatic N) is 4. The molecule has 0 aliphatic carbocycles. The van der Waals surface area contributed by atoms with Crippen molar-refractivity contribution in [3.63, 3.8) is 0 Å². The molecule has 4 aromatic rings. The number of amides is 1. The topological polar surface area (TPSA) is 41.4 Å². The first-order valence-electron chi connectivity index (χ1n) is 10.1. The Morgan fingerprint density at radius 1 is 1.03 bits per heavy atom. The van der Waals surface area contributed by atoms with E-state index in [1.165, 1.54) is 10.1 Å². The number of carbonyl (C=O) groups is 1. The van der Waals surface area contributed by atoms with Crippen molar-refractivity contribution in [1.29, 1.82) is 0 Å². The lowest BCUT2D eigenvalue weighted by molar-refractivity contribution is -0.133. The second kappa shape index (κ2) is 7.61. The molecule has 0 radical (unpaired) electrons. The summed E-state index contributed by atoms with van der Waals surface area (Å²) in [6, 6.07) is 18.7. The van der Waals surface area contributed by atoms with Crippen LogP contribution in [0.15, 0.2) is 54.6 Å². The quantitative estimate of drug-likeness (QED) is 0.518. The van der Waals surface area contributed by atoms with E-state index in [0.717, 1.165) is 54.5 Å². The predicted molar refractivity (Wildman–Crippen MR) is 118 cm³/mol. The molecule has 29 heavy (non-hydrogen) atoms. The Hall–Kier alpha value is -2.70. The summed E-state index contributed by atoms with van der Waals surface area (Å²) in [5.41, 5.74) is 3.34. The van der Waals surface area contributed by atoms with Crippen LogP contribution in [-0.2, 0) is 17.9 Å². The molecule has 0 N–H and O–H groups in total. The largest absolute Gasteiger partial charge is 0.339 e. The van der Waals surface area contributed by atoms with Crippen molar-refractivity contribution in [3.05, 3.63) is 65.3 Å². The highest BCUT2D eigenvalue weighted by atomic mass is 32.1. The van der Waals surface area contributed by atoms with E-state index in [1.54, 1.807) is 11.3 Å². The zero-order valence-electron chi connectivity index (χ0n) is 16.5. The van der Waals surface area contributed by atoms with Crippen LogP contribution in [0.1, 0.15) is 10.7 Å². The molecule has 0 unspecified atom stereocenters. The van der Waals surface area contributed by atoms with E-state index < -0.39 is 0 Å². The number of piperazine rings is 1. The number of fused-ring (bicyclic) bond motifs is 2. The molecular weight excluding hydrogens is 380 g/mol. The van der Waals surface area contributed by atoms with Crippen molar-refractivity contribution in [1.82, 2.24) is 19.4 Å². The van der Waals surface area contributed by atoms with Gasteiger partial charge in [-0.05, 0) is 36.6 Å². The first-order chi connectivity index (χ1) is 14.2. The summed E-state index contributed by atoms with van der Waals surface area (Å²) in [7, 11) is 0. The summed E-state index contributed by atoms with van der Waals surface area (Å²) in [6.07, 6.45) is 0. The number of rotatable bonds is 4. The number of hydrogen-bond donors (Lipinski definition) is 0. The van der Waals surface area contributed by atoms with Crippen molar-refractivity contribution < 1.29 is 4.79 Å². The van der Waals surface area contributed by atoms with Crippen LogP contribution < -0.4 is 0 Å². The highest BCUT2D eigenvalue weighted by molar-refractivity contribution is 7.18. The van der Waals surface area contributed by atoms with Crippen molar-refractivity contribution in [2.45, 2.75) is 20.0 Å². The molecule has 1 fully saturated rings. The maximum Gasteiger partial charge on any atom is 0.242 e. The molecule has 1 saturated heterocycles. The fourth-order valence-corrected chi connectivity index (χ4v) is 5.14. The highest BCUT2D eigenvalue weighted by Gasteiger charge is 2.22. The molecular formula is C23H24N4OS. The number of aromatic nitrogens is 2. The average molecular weight is 405 g/mol. The van der Waals surface area contributed by atoms with Gasteiger partial charge in [-0.25, -0.2) is 4.98 Å². The minimum Gasteiger partial charge on any atom is -0.339 e. The lowest BCUT2D eigenvalue weighted by Gasteiger charge is -2.34. The number of benzene rings is 2. The molecule has 5 rings (SSSR count). The summed E-state index contributed by atoms with van der Waals surface area (Å²) in [5, 5.41) is 2.35. The lowest BCUT2D eigenvalue weighted by atomic mass is 10.2. The van der Waals surface area contributed by atoms with Gasteiger partial charge in [0.25, 0.3) is 0 Å². The van der Waals surface area contributed by atoms with Crippen LogP contribution in [0, 0.1) is 6.92 Å². The summed E-state index contributed by atoms with van der Waals surface area (Å²) in [4.78, 5) is 22.1. The summed E-state index contributed by atoms with van der Waals surface area (Å²) < 4.78 is 3.37. The third-order valence-corrected chi connectivity index (χ3v) is 6.75. The van der Waals surface area contributed by atoms with Gasteiger partial charge in [-0.15, -0.1) is 11.3 Å². The average Bonchev–Trinajstić information content (AvgIpc) is 3.28. The fourth-order valence-electron chi connectivity index (χ4n) is 4.13. The van der Waals surface area contributed by atoms with Gasteiger partial charge in [-0.1, -0.05) is 30.3 Å². The third kappa shape index (κ3) is 3.66. The van der Waals surface area contributed by atoms with Gasteiger partial charge >= 0.3 is 0 Å². The van der Waals surface area contributed by atoms with Crippen molar-refractivity contribution in [2.24, 2.45) is 0 Å². The van der Waals surface area contributed by atoms with Crippen LogP contribution in [0.5, 0.6) is 0 Å². The van der Waals surface area contributed by atoms with Crippen LogP contribution >= 0.6 is 11.3 Å². The Morgan fingerprint density at radius 2 is 1.79 bits per heavy atom. The molecule has 2 aromatic carbocycles.